The molecule has 0 fully saturated rings. The van der Waals surface area contributed by atoms with Gasteiger partial charge in [0.2, 0.25) is 5.89 Å². The van der Waals surface area contributed by atoms with E-state index in [2.05, 4.69) is 10.2 Å². The molecular weight excluding hydrogens is 248 g/mol. The van der Waals surface area contributed by atoms with Crippen molar-refractivity contribution in [1.29, 1.82) is 0 Å². The molecule has 3 aromatic rings. The monoisotopic (exact) mass is 258 g/mol. The Morgan fingerprint density at radius 1 is 1.16 bits per heavy atom. The summed E-state index contributed by atoms with van der Waals surface area (Å²) in [4.78, 5) is 11.1. The van der Waals surface area contributed by atoms with Crippen molar-refractivity contribution in [2.24, 2.45) is 0 Å². The molecule has 0 spiro atoms. The zero-order chi connectivity index (χ0) is 13.2. The lowest BCUT2D eigenvalue weighted by atomic mass is 10.2. The second-order valence-electron chi connectivity index (χ2n) is 3.96. The Balaban J connectivity index is 1.83. The van der Waals surface area contributed by atoms with Crippen molar-refractivity contribution in [3.63, 3.8) is 0 Å². The average Bonchev–Trinajstić information content (AvgIpc) is 2.81. The molecule has 0 unspecified atom stereocenters. The molecule has 0 saturated heterocycles. The molecule has 3 rings (SSSR count). The summed E-state index contributed by atoms with van der Waals surface area (Å²) in [5.41, 5.74) is 0.0869. The minimum absolute atomic E-state index is 0.170. The van der Waals surface area contributed by atoms with E-state index in [1.807, 2.05) is 6.07 Å². The van der Waals surface area contributed by atoms with Crippen LogP contribution in [-0.2, 0) is 6.61 Å². The third kappa shape index (κ3) is 2.47. The van der Waals surface area contributed by atoms with Gasteiger partial charge in [0.1, 0.15) is 11.3 Å². The fourth-order valence-corrected chi connectivity index (χ4v) is 1.67. The zero-order valence-corrected chi connectivity index (χ0v) is 10.1. The summed E-state index contributed by atoms with van der Waals surface area (Å²) < 4.78 is 15.8. The van der Waals surface area contributed by atoms with Crippen molar-refractivity contribution >= 4 is 11.0 Å². The lowest BCUT2D eigenvalue weighted by Crippen LogP contribution is -1.97. The van der Waals surface area contributed by atoms with E-state index in [1.54, 1.807) is 25.1 Å². The van der Waals surface area contributed by atoms with Crippen LogP contribution in [0.1, 0.15) is 11.8 Å². The highest BCUT2D eigenvalue weighted by Crippen LogP contribution is 2.20. The summed E-state index contributed by atoms with van der Waals surface area (Å²) in [6.45, 7) is 1.88. The number of hydrogen-bond acceptors (Lipinski definition) is 6. The minimum atomic E-state index is -0.392. The highest BCUT2D eigenvalue weighted by atomic mass is 16.5. The SMILES string of the molecule is Cc1nnc(COc2ccc3ccc(=O)oc3c2)o1. The molecule has 0 bridgehead atoms. The van der Waals surface area contributed by atoms with Crippen molar-refractivity contribution in [2.75, 3.05) is 0 Å². The molecule has 19 heavy (non-hydrogen) atoms. The van der Waals surface area contributed by atoms with Crippen LogP contribution < -0.4 is 10.4 Å². The first kappa shape index (κ1) is 11.5. The molecule has 2 heterocycles. The van der Waals surface area contributed by atoms with E-state index in [9.17, 15) is 4.79 Å². The van der Waals surface area contributed by atoms with Crippen LogP contribution in [0.4, 0.5) is 0 Å². The van der Waals surface area contributed by atoms with E-state index in [1.165, 1.54) is 6.07 Å². The molecule has 1 aromatic carbocycles. The van der Waals surface area contributed by atoms with E-state index in [-0.39, 0.29) is 6.61 Å². The molecule has 0 atom stereocenters. The lowest BCUT2D eigenvalue weighted by Gasteiger charge is -2.03. The quantitative estimate of drug-likeness (QED) is 0.669. The molecule has 6 heteroatoms. The third-order valence-electron chi connectivity index (χ3n) is 2.52. The summed E-state index contributed by atoms with van der Waals surface area (Å²) in [7, 11) is 0. The summed E-state index contributed by atoms with van der Waals surface area (Å²) >= 11 is 0. The maximum atomic E-state index is 11.1. The maximum Gasteiger partial charge on any atom is 0.336 e. The van der Waals surface area contributed by atoms with Crippen LogP contribution in [-0.4, -0.2) is 10.2 Å². The van der Waals surface area contributed by atoms with Gasteiger partial charge in [0.05, 0.1) is 0 Å². The first-order valence-corrected chi connectivity index (χ1v) is 5.66. The number of benzene rings is 1. The van der Waals surface area contributed by atoms with Crippen molar-refractivity contribution in [2.45, 2.75) is 13.5 Å². The van der Waals surface area contributed by atoms with Gasteiger partial charge in [-0.15, -0.1) is 10.2 Å². The van der Waals surface area contributed by atoms with Crippen LogP contribution in [0.15, 0.2) is 44.0 Å². The van der Waals surface area contributed by atoms with E-state index in [4.69, 9.17) is 13.6 Å². The molecule has 0 saturated carbocycles. The highest BCUT2D eigenvalue weighted by Gasteiger charge is 2.05. The second kappa shape index (κ2) is 4.56. The van der Waals surface area contributed by atoms with E-state index in [0.717, 1.165) is 5.39 Å². The topological polar surface area (TPSA) is 78.4 Å². The van der Waals surface area contributed by atoms with Gasteiger partial charge in [-0.05, 0) is 18.2 Å². The van der Waals surface area contributed by atoms with Crippen molar-refractivity contribution in [3.05, 3.63) is 52.5 Å². The number of aromatic nitrogens is 2. The Hall–Kier alpha value is -2.63. The molecule has 96 valence electrons. The van der Waals surface area contributed by atoms with Crippen LogP contribution in [0.3, 0.4) is 0 Å². The average molecular weight is 258 g/mol. The highest BCUT2D eigenvalue weighted by molar-refractivity contribution is 5.77. The van der Waals surface area contributed by atoms with Crippen molar-refractivity contribution in [3.8, 4) is 5.75 Å². The first-order valence-electron chi connectivity index (χ1n) is 5.66. The molecule has 0 amide bonds. The number of aryl methyl sites for hydroxylation is 1. The Kier molecular flexibility index (Phi) is 2.75. The largest absolute Gasteiger partial charge is 0.484 e. The standard InChI is InChI=1S/C13H10N2O4/c1-8-14-15-12(18-8)7-17-10-4-2-9-3-5-13(16)19-11(9)6-10/h2-6H,7H2,1H3. The molecule has 0 N–H and O–H groups in total. The predicted octanol–water partition coefficient (Wildman–Crippen LogP) is 2.06. The van der Waals surface area contributed by atoms with Gasteiger partial charge in [-0.1, -0.05) is 0 Å². The third-order valence-corrected chi connectivity index (χ3v) is 2.52. The minimum Gasteiger partial charge on any atom is -0.484 e. The molecule has 0 aliphatic heterocycles. The van der Waals surface area contributed by atoms with Crippen molar-refractivity contribution < 1.29 is 13.6 Å². The van der Waals surface area contributed by atoms with E-state index >= 15 is 0 Å². The number of ether oxygens (including phenoxy) is 1. The Morgan fingerprint density at radius 2 is 2.00 bits per heavy atom. The van der Waals surface area contributed by atoms with Gasteiger partial charge >= 0.3 is 5.63 Å². The fraction of sp³-hybridized carbons (Fsp3) is 0.154. The Morgan fingerprint density at radius 3 is 2.79 bits per heavy atom. The Bertz CT molecular complexity index is 775. The molecule has 0 radical (unpaired) electrons. The van der Waals surface area contributed by atoms with Gasteiger partial charge in [-0.25, -0.2) is 4.79 Å². The zero-order valence-electron chi connectivity index (χ0n) is 10.1. The molecule has 2 aromatic heterocycles. The number of nitrogens with zero attached hydrogens (tertiary/aromatic N) is 2. The molecular formula is C13H10N2O4. The van der Waals surface area contributed by atoms with Crippen LogP contribution in [0, 0.1) is 6.92 Å². The van der Waals surface area contributed by atoms with Crippen LogP contribution in [0.2, 0.25) is 0 Å². The summed E-state index contributed by atoms with van der Waals surface area (Å²) in [6, 6.07) is 8.33. The summed E-state index contributed by atoms with van der Waals surface area (Å²) in [6.07, 6.45) is 0. The van der Waals surface area contributed by atoms with Crippen LogP contribution >= 0.6 is 0 Å². The van der Waals surface area contributed by atoms with Gasteiger partial charge in [0.15, 0.2) is 6.61 Å². The second-order valence-corrected chi connectivity index (χ2v) is 3.96. The number of fused-ring (bicyclic) bond motifs is 1. The molecule has 0 aliphatic carbocycles. The fourth-order valence-electron chi connectivity index (χ4n) is 1.67. The maximum absolute atomic E-state index is 11.1. The van der Waals surface area contributed by atoms with Crippen LogP contribution in [0.5, 0.6) is 5.75 Å². The first-order chi connectivity index (χ1) is 9.20. The van der Waals surface area contributed by atoms with Gasteiger partial charge in [-0.2, -0.15) is 0 Å². The normalized spacial score (nSPS) is 10.8. The molecule has 0 aliphatic rings. The van der Waals surface area contributed by atoms with E-state index < -0.39 is 5.63 Å². The predicted molar refractivity (Wildman–Crippen MR) is 65.9 cm³/mol. The van der Waals surface area contributed by atoms with Gasteiger partial charge < -0.3 is 13.6 Å². The van der Waals surface area contributed by atoms with Gasteiger partial charge in [-0.3, -0.25) is 0 Å². The summed E-state index contributed by atoms with van der Waals surface area (Å²) in [5.74, 6) is 1.45. The number of rotatable bonds is 3. The lowest BCUT2D eigenvalue weighted by molar-refractivity contribution is 0.260. The Labute approximate surface area is 107 Å². The van der Waals surface area contributed by atoms with Gasteiger partial charge in [0.25, 0.3) is 5.89 Å². The molecule has 6 nitrogen and oxygen atoms in total. The van der Waals surface area contributed by atoms with Gasteiger partial charge in [0, 0.05) is 24.4 Å². The van der Waals surface area contributed by atoms with E-state index in [0.29, 0.717) is 23.1 Å². The smallest absolute Gasteiger partial charge is 0.336 e. The number of hydrogen-bond donors (Lipinski definition) is 0. The van der Waals surface area contributed by atoms with Crippen molar-refractivity contribution in [1.82, 2.24) is 10.2 Å². The summed E-state index contributed by atoms with van der Waals surface area (Å²) in [5, 5.41) is 8.36. The van der Waals surface area contributed by atoms with Crippen LogP contribution in [0.25, 0.3) is 11.0 Å².